The molecular formula is C23H35NO2. The van der Waals surface area contributed by atoms with E-state index in [0.717, 1.165) is 44.9 Å². The summed E-state index contributed by atoms with van der Waals surface area (Å²) in [5.74, 6) is -0.723. The second kappa shape index (κ2) is 16.4. The zero-order valence-electron chi connectivity index (χ0n) is 16.5. The SMILES string of the molecule is CC(C)(/C=C\C/C=C\C/C=C\C/C=C\CCCC(=O)O)CCCCC#N. The summed E-state index contributed by atoms with van der Waals surface area (Å²) in [7, 11) is 0. The maximum atomic E-state index is 10.4. The number of nitriles is 1. The molecule has 0 aliphatic heterocycles. The van der Waals surface area contributed by atoms with Crippen molar-refractivity contribution in [1.29, 1.82) is 5.26 Å². The van der Waals surface area contributed by atoms with E-state index in [2.05, 4.69) is 68.5 Å². The summed E-state index contributed by atoms with van der Waals surface area (Å²) in [5, 5.41) is 17.1. The minimum atomic E-state index is -0.723. The highest BCUT2D eigenvalue weighted by molar-refractivity contribution is 5.66. The van der Waals surface area contributed by atoms with Gasteiger partial charge in [0, 0.05) is 12.8 Å². The Morgan fingerprint density at radius 1 is 0.923 bits per heavy atom. The van der Waals surface area contributed by atoms with Crippen molar-refractivity contribution in [2.24, 2.45) is 5.41 Å². The Labute approximate surface area is 159 Å². The summed E-state index contributed by atoms with van der Waals surface area (Å²) >= 11 is 0. The Morgan fingerprint density at radius 2 is 1.50 bits per heavy atom. The average molecular weight is 358 g/mol. The van der Waals surface area contributed by atoms with Gasteiger partial charge in [-0.2, -0.15) is 5.26 Å². The van der Waals surface area contributed by atoms with Gasteiger partial charge in [-0.15, -0.1) is 0 Å². The first-order chi connectivity index (χ1) is 12.5. The molecule has 0 saturated carbocycles. The summed E-state index contributed by atoms with van der Waals surface area (Å²) < 4.78 is 0. The molecule has 26 heavy (non-hydrogen) atoms. The molecule has 3 heteroatoms. The molecule has 0 aromatic heterocycles. The summed E-state index contributed by atoms with van der Waals surface area (Å²) in [6.45, 7) is 4.50. The maximum absolute atomic E-state index is 10.4. The fourth-order valence-electron chi connectivity index (χ4n) is 2.46. The molecule has 0 aromatic rings. The maximum Gasteiger partial charge on any atom is 0.303 e. The molecular weight excluding hydrogens is 322 g/mol. The number of unbranched alkanes of at least 4 members (excludes halogenated alkanes) is 3. The van der Waals surface area contributed by atoms with Gasteiger partial charge < -0.3 is 5.11 Å². The average Bonchev–Trinajstić information content (AvgIpc) is 2.58. The monoisotopic (exact) mass is 357 g/mol. The zero-order valence-corrected chi connectivity index (χ0v) is 16.5. The third-order valence-electron chi connectivity index (χ3n) is 4.01. The molecule has 0 aliphatic carbocycles. The van der Waals surface area contributed by atoms with Crippen LogP contribution in [0.4, 0.5) is 0 Å². The van der Waals surface area contributed by atoms with Crippen LogP contribution in [0.25, 0.3) is 0 Å². The molecule has 144 valence electrons. The molecule has 0 amide bonds. The molecule has 1 N–H and O–H groups in total. The second-order valence-corrected chi connectivity index (χ2v) is 7.16. The van der Waals surface area contributed by atoms with Crippen molar-refractivity contribution < 1.29 is 9.90 Å². The first-order valence-corrected chi connectivity index (χ1v) is 9.69. The Balaban J connectivity index is 3.72. The van der Waals surface area contributed by atoms with Crippen LogP contribution in [0.1, 0.15) is 78.1 Å². The van der Waals surface area contributed by atoms with Crippen LogP contribution in [0.15, 0.2) is 48.6 Å². The van der Waals surface area contributed by atoms with Crippen molar-refractivity contribution in [2.45, 2.75) is 78.1 Å². The van der Waals surface area contributed by atoms with Crippen LogP contribution < -0.4 is 0 Å². The third kappa shape index (κ3) is 18.3. The quantitative estimate of drug-likeness (QED) is 0.260. The van der Waals surface area contributed by atoms with Gasteiger partial charge in [0.15, 0.2) is 0 Å². The lowest BCUT2D eigenvalue weighted by Crippen LogP contribution is -2.06. The highest BCUT2D eigenvalue weighted by atomic mass is 16.4. The molecule has 0 fully saturated rings. The van der Waals surface area contributed by atoms with Crippen molar-refractivity contribution in [3.05, 3.63) is 48.6 Å². The van der Waals surface area contributed by atoms with E-state index >= 15 is 0 Å². The smallest absolute Gasteiger partial charge is 0.303 e. The number of allylic oxidation sites excluding steroid dienone is 8. The number of hydrogen-bond donors (Lipinski definition) is 1. The molecule has 0 unspecified atom stereocenters. The van der Waals surface area contributed by atoms with E-state index in [9.17, 15) is 4.79 Å². The van der Waals surface area contributed by atoms with E-state index < -0.39 is 5.97 Å². The number of carbonyl (C=O) groups is 1. The molecule has 0 atom stereocenters. The van der Waals surface area contributed by atoms with Crippen LogP contribution in [-0.2, 0) is 4.79 Å². The number of carboxylic acids is 1. The Morgan fingerprint density at radius 3 is 2.08 bits per heavy atom. The Hall–Kier alpha value is -2.08. The Kier molecular flexibility index (Phi) is 15.1. The van der Waals surface area contributed by atoms with Gasteiger partial charge in [0.25, 0.3) is 0 Å². The number of carboxylic acid groups (broad SMARTS) is 1. The van der Waals surface area contributed by atoms with Gasteiger partial charge >= 0.3 is 5.97 Å². The van der Waals surface area contributed by atoms with Crippen molar-refractivity contribution in [3.8, 4) is 6.07 Å². The predicted molar refractivity (Wildman–Crippen MR) is 110 cm³/mol. The first-order valence-electron chi connectivity index (χ1n) is 9.69. The predicted octanol–water partition coefficient (Wildman–Crippen LogP) is 6.75. The van der Waals surface area contributed by atoms with Crippen LogP contribution in [-0.4, -0.2) is 11.1 Å². The molecule has 0 bridgehead atoms. The number of aliphatic carboxylic acids is 1. The lowest BCUT2D eigenvalue weighted by Gasteiger charge is -2.19. The van der Waals surface area contributed by atoms with E-state index in [0.29, 0.717) is 12.8 Å². The molecule has 0 saturated heterocycles. The van der Waals surface area contributed by atoms with Gasteiger partial charge in [-0.1, -0.05) is 68.9 Å². The molecule has 0 rings (SSSR count). The van der Waals surface area contributed by atoms with Gasteiger partial charge in [-0.05, 0) is 50.4 Å². The minimum Gasteiger partial charge on any atom is -0.481 e. The Bertz CT molecular complexity index is 519. The number of rotatable bonds is 15. The third-order valence-corrected chi connectivity index (χ3v) is 4.01. The normalized spacial score (nSPS) is 12.7. The van der Waals surface area contributed by atoms with Crippen LogP contribution in [0.2, 0.25) is 0 Å². The van der Waals surface area contributed by atoms with Crippen molar-refractivity contribution in [3.63, 3.8) is 0 Å². The van der Waals surface area contributed by atoms with Gasteiger partial charge in [0.05, 0.1) is 6.07 Å². The van der Waals surface area contributed by atoms with Gasteiger partial charge in [-0.25, -0.2) is 0 Å². The summed E-state index contributed by atoms with van der Waals surface area (Å²) in [5.41, 5.74) is 0.208. The zero-order chi connectivity index (χ0) is 19.5. The largest absolute Gasteiger partial charge is 0.481 e. The summed E-state index contributed by atoms with van der Waals surface area (Å²) in [6.07, 6.45) is 25.8. The molecule has 3 nitrogen and oxygen atoms in total. The van der Waals surface area contributed by atoms with E-state index in [1.165, 1.54) is 0 Å². The molecule has 0 aliphatic rings. The van der Waals surface area contributed by atoms with E-state index in [4.69, 9.17) is 10.4 Å². The summed E-state index contributed by atoms with van der Waals surface area (Å²) in [6, 6.07) is 2.20. The van der Waals surface area contributed by atoms with Crippen LogP contribution in [0, 0.1) is 16.7 Å². The van der Waals surface area contributed by atoms with Crippen molar-refractivity contribution >= 4 is 5.97 Å². The fraction of sp³-hybridized carbons (Fsp3) is 0.565. The van der Waals surface area contributed by atoms with E-state index in [1.807, 2.05) is 0 Å². The second-order valence-electron chi connectivity index (χ2n) is 7.16. The van der Waals surface area contributed by atoms with Crippen LogP contribution in [0.5, 0.6) is 0 Å². The standard InChI is InChI=1S/C23H35NO2/c1-23(2,20-16-13-17-21-24)19-15-12-10-8-6-4-3-5-7-9-11-14-18-22(25)26/h3-4,7-10,15,19H,5-6,11-14,16-18,20H2,1-2H3,(H,25,26)/b4-3-,9-7-,10-8-,19-15-. The molecule has 0 aromatic carbocycles. The molecule has 0 radical (unpaired) electrons. The first kappa shape index (κ1) is 23.9. The van der Waals surface area contributed by atoms with E-state index in [-0.39, 0.29) is 11.8 Å². The highest BCUT2D eigenvalue weighted by Crippen LogP contribution is 2.25. The minimum absolute atomic E-state index is 0.208. The van der Waals surface area contributed by atoms with Crippen molar-refractivity contribution in [1.82, 2.24) is 0 Å². The van der Waals surface area contributed by atoms with Gasteiger partial charge in [0.2, 0.25) is 0 Å². The van der Waals surface area contributed by atoms with Crippen molar-refractivity contribution in [2.75, 3.05) is 0 Å². The van der Waals surface area contributed by atoms with Crippen LogP contribution in [0.3, 0.4) is 0 Å². The van der Waals surface area contributed by atoms with Gasteiger partial charge in [-0.3, -0.25) is 4.79 Å². The lowest BCUT2D eigenvalue weighted by atomic mass is 9.86. The highest BCUT2D eigenvalue weighted by Gasteiger charge is 2.12. The molecule has 0 heterocycles. The fourth-order valence-corrected chi connectivity index (χ4v) is 2.46. The van der Waals surface area contributed by atoms with Crippen LogP contribution >= 0.6 is 0 Å². The summed E-state index contributed by atoms with van der Waals surface area (Å²) in [4.78, 5) is 10.4. The van der Waals surface area contributed by atoms with E-state index in [1.54, 1.807) is 0 Å². The molecule has 0 spiro atoms. The van der Waals surface area contributed by atoms with Gasteiger partial charge in [0.1, 0.15) is 0 Å². The topological polar surface area (TPSA) is 61.1 Å². The number of hydrogen-bond acceptors (Lipinski definition) is 2. The lowest BCUT2D eigenvalue weighted by molar-refractivity contribution is -0.137. The number of nitrogens with zero attached hydrogens (tertiary/aromatic N) is 1.